The maximum absolute atomic E-state index is 11.9. The maximum atomic E-state index is 11.9. The van der Waals surface area contributed by atoms with Crippen LogP contribution in [-0.4, -0.2) is 22.5 Å². The number of hydrogen-bond donors (Lipinski definition) is 1. The molecule has 0 bridgehead atoms. The predicted molar refractivity (Wildman–Crippen MR) is 75.3 cm³/mol. The molecule has 0 heterocycles. The van der Waals surface area contributed by atoms with Crippen molar-refractivity contribution in [2.45, 2.75) is 45.3 Å². The number of nitro groups is 1. The fourth-order valence-corrected chi connectivity index (χ4v) is 1.70. The van der Waals surface area contributed by atoms with Gasteiger partial charge in [0.15, 0.2) is 0 Å². The van der Waals surface area contributed by atoms with E-state index in [4.69, 9.17) is 10.5 Å². The molecule has 0 radical (unpaired) electrons. The molecule has 6 heteroatoms. The van der Waals surface area contributed by atoms with Crippen LogP contribution in [0.4, 0.5) is 5.69 Å². The van der Waals surface area contributed by atoms with Crippen LogP contribution in [0.15, 0.2) is 24.3 Å². The normalized spacial score (nSPS) is 14.4. The van der Waals surface area contributed by atoms with Gasteiger partial charge in [0.1, 0.15) is 11.6 Å². The maximum Gasteiger partial charge on any atom is 0.324 e. The van der Waals surface area contributed by atoms with Gasteiger partial charge in [0, 0.05) is 18.1 Å². The first kappa shape index (κ1) is 16.1. The lowest BCUT2D eigenvalue weighted by Gasteiger charge is -2.25. The number of ether oxygens (including phenoxy) is 1. The van der Waals surface area contributed by atoms with Gasteiger partial charge < -0.3 is 10.5 Å². The van der Waals surface area contributed by atoms with Gasteiger partial charge in [0.05, 0.1) is 4.92 Å². The third kappa shape index (κ3) is 4.31. The molecule has 6 nitrogen and oxygen atoms in total. The van der Waals surface area contributed by atoms with Crippen molar-refractivity contribution in [1.29, 1.82) is 0 Å². The third-order valence-electron chi connectivity index (χ3n) is 2.82. The molecule has 1 rings (SSSR count). The van der Waals surface area contributed by atoms with E-state index in [1.54, 1.807) is 39.8 Å². The Bertz CT molecular complexity index is 508. The molecule has 0 aliphatic carbocycles. The molecule has 2 unspecified atom stereocenters. The van der Waals surface area contributed by atoms with Crippen LogP contribution in [-0.2, 0) is 9.53 Å². The summed E-state index contributed by atoms with van der Waals surface area (Å²) >= 11 is 0. The summed E-state index contributed by atoms with van der Waals surface area (Å²) in [5.74, 6) is -0.888. The summed E-state index contributed by atoms with van der Waals surface area (Å²) in [6, 6.07) is 5.24. The van der Waals surface area contributed by atoms with Gasteiger partial charge in [0.25, 0.3) is 5.69 Å². The van der Waals surface area contributed by atoms with E-state index < -0.39 is 22.5 Å². The molecule has 110 valence electrons. The summed E-state index contributed by atoms with van der Waals surface area (Å²) in [6.07, 6.45) is 0. The number of nitro benzene ring substituents is 1. The minimum Gasteiger partial charge on any atom is -0.459 e. The molecule has 0 aliphatic heterocycles. The van der Waals surface area contributed by atoms with Crippen LogP contribution in [0.3, 0.4) is 0 Å². The highest BCUT2D eigenvalue weighted by Gasteiger charge is 2.28. The Kier molecular flexibility index (Phi) is 4.83. The van der Waals surface area contributed by atoms with Crippen molar-refractivity contribution >= 4 is 11.7 Å². The van der Waals surface area contributed by atoms with Crippen molar-refractivity contribution in [3.63, 3.8) is 0 Å². The van der Waals surface area contributed by atoms with Crippen molar-refractivity contribution < 1.29 is 14.5 Å². The Hall–Kier alpha value is -1.95. The summed E-state index contributed by atoms with van der Waals surface area (Å²) in [5, 5.41) is 10.7. The quantitative estimate of drug-likeness (QED) is 0.519. The van der Waals surface area contributed by atoms with Gasteiger partial charge in [-0.1, -0.05) is 19.1 Å². The van der Waals surface area contributed by atoms with Crippen molar-refractivity contribution in [1.82, 2.24) is 0 Å². The lowest BCUT2D eigenvalue weighted by Crippen LogP contribution is -2.40. The Morgan fingerprint density at radius 1 is 1.40 bits per heavy atom. The monoisotopic (exact) mass is 280 g/mol. The van der Waals surface area contributed by atoms with Crippen LogP contribution in [0.2, 0.25) is 0 Å². The van der Waals surface area contributed by atoms with Crippen LogP contribution in [0, 0.1) is 10.1 Å². The molecule has 0 amide bonds. The average molecular weight is 280 g/mol. The van der Waals surface area contributed by atoms with Gasteiger partial charge in [-0.2, -0.15) is 0 Å². The van der Waals surface area contributed by atoms with Crippen LogP contribution in [0.25, 0.3) is 0 Å². The summed E-state index contributed by atoms with van der Waals surface area (Å²) in [6.45, 7) is 7.02. The predicted octanol–water partition coefficient (Wildman–Crippen LogP) is 2.37. The van der Waals surface area contributed by atoms with Gasteiger partial charge in [0.2, 0.25) is 0 Å². The molecule has 2 atom stereocenters. The number of carbonyl (C=O) groups excluding carboxylic acids is 1. The highest BCUT2D eigenvalue weighted by atomic mass is 16.6. The number of benzene rings is 1. The number of non-ortho nitro benzene ring substituents is 1. The SMILES string of the molecule is CC(c1cccc([N+](=O)[O-])c1)C(N)C(=O)OC(C)(C)C. The number of nitrogens with two attached hydrogens (primary N) is 1. The Balaban J connectivity index is 2.88. The zero-order valence-corrected chi connectivity index (χ0v) is 12.1. The van der Waals surface area contributed by atoms with Crippen LogP contribution >= 0.6 is 0 Å². The highest BCUT2D eigenvalue weighted by Crippen LogP contribution is 2.24. The Labute approximate surface area is 118 Å². The van der Waals surface area contributed by atoms with Gasteiger partial charge in [-0.25, -0.2) is 0 Å². The summed E-state index contributed by atoms with van der Waals surface area (Å²) in [5.41, 5.74) is 5.88. The van der Waals surface area contributed by atoms with Crippen LogP contribution in [0.1, 0.15) is 39.2 Å². The summed E-state index contributed by atoms with van der Waals surface area (Å²) < 4.78 is 5.22. The number of esters is 1. The van der Waals surface area contributed by atoms with Crippen molar-refractivity contribution in [2.24, 2.45) is 5.73 Å². The van der Waals surface area contributed by atoms with Crippen LogP contribution < -0.4 is 5.73 Å². The van der Waals surface area contributed by atoms with Gasteiger partial charge in [-0.3, -0.25) is 14.9 Å². The van der Waals surface area contributed by atoms with Crippen molar-refractivity contribution in [2.75, 3.05) is 0 Å². The lowest BCUT2D eigenvalue weighted by molar-refractivity contribution is -0.384. The molecular formula is C14H20N2O4. The first-order chi connectivity index (χ1) is 9.11. The lowest BCUT2D eigenvalue weighted by atomic mass is 9.93. The summed E-state index contributed by atoms with van der Waals surface area (Å²) in [4.78, 5) is 22.2. The standard InChI is InChI=1S/C14H20N2O4/c1-9(12(15)13(17)20-14(2,3)4)10-6-5-7-11(8-10)16(18)19/h5-9,12H,15H2,1-4H3. The second kappa shape index (κ2) is 6.00. The number of rotatable bonds is 4. The van der Waals surface area contributed by atoms with E-state index in [0.29, 0.717) is 5.56 Å². The average Bonchev–Trinajstić information content (AvgIpc) is 2.35. The van der Waals surface area contributed by atoms with Gasteiger partial charge in [-0.05, 0) is 26.3 Å². The topological polar surface area (TPSA) is 95.5 Å². The van der Waals surface area contributed by atoms with Gasteiger partial charge in [-0.15, -0.1) is 0 Å². The second-order valence-electron chi connectivity index (χ2n) is 5.70. The van der Waals surface area contributed by atoms with E-state index in [1.165, 1.54) is 12.1 Å². The zero-order valence-electron chi connectivity index (χ0n) is 12.1. The molecular weight excluding hydrogens is 260 g/mol. The second-order valence-corrected chi connectivity index (χ2v) is 5.70. The third-order valence-corrected chi connectivity index (χ3v) is 2.82. The van der Waals surface area contributed by atoms with Crippen molar-refractivity contribution in [3.05, 3.63) is 39.9 Å². The molecule has 2 N–H and O–H groups in total. The van der Waals surface area contributed by atoms with Crippen LogP contribution in [0.5, 0.6) is 0 Å². The molecule has 20 heavy (non-hydrogen) atoms. The van der Waals surface area contributed by atoms with Gasteiger partial charge >= 0.3 is 5.97 Å². The first-order valence-corrected chi connectivity index (χ1v) is 6.34. The van der Waals surface area contributed by atoms with E-state index in [9.17, 15) is 14.9 Å². The van der Waals surface area contributed by atoms with E-state index >= 15 is 0 Å². The zero-order chi connectivity index (χ0) is 15.5. The Morgan fingerprint density at radius 2 is 2.00 bits per heavy atom. The molecule has 0 saturated heterocycles. The Morgan fingerprint density at radius 3 is 2.50 bits per heavy atom. The molecule has 0 saturated carbocycles. The largest absolute Gasteiger partial charge is 0.459 e. The molecule has 0 aromatic heterocycles. The van der Waals surface area contributed by atoms with Crippen molar-refractivity contribution in [3.8, 4) is 0 Å². The number of nitrogens with zero attached hydrogens (tertiary/aromatic N) is 1. The number of carbonyl (C=O) groups is 1. The minimum atomic E-state index is -0.865. The van der Waals surface area contributed by atoms with E-state index in [-0.39, 0.29) is 11.6 Å². The molecule has 0 fully saturated rings. The minimum absolute atomic E-state index is 0.0225. The fraction of sp³-hybridized carbons (Fsp3) is 0.500. The number of hydrogen-bond acceptors (Lipinski definition) is 5. The smallest absolute Gasteiger partial charge is 0.324 e. The van der Waals surface area contributed by atoms with E-state index in [2.05, 4.69) is 0 Å². The molecule has 0 spiro atoms. The van der Waals surface area contributed by atoms with E-state index in [1.807, 2.05) is 0 Å². The highest BCUT2D eigenvalue weighted by molar-refractivity contribution is 5.77. The molecule has 0 aliphatic rings. The molecule has 1 aromatic rings. The first-order valence-electron chi connectivity index (χ1n) is 6.34. The fourth-order valence-electron chi connectivity index (χ4n) is 1.70. The summed E-state index contributed by atoms with van der Waals surface area (Å²) in [7, 11) is 0. The molecule has 1 aromatic carbocycles. The van der Waals surface area contributed by atoms with E-state index in [0.717, 1.165) is 0 Å².